The van der Waals surface area contributed by atoms with Crippen molar-refractivity contribution in [3.63, 3.8) is 0 Å². The molecule has 4 nitrogen and oxygen atoms in total. The SMILES string of the molecule is CO.O=C1c2ccccc2[N+](Cc2cccc(O)c2)=c2ccc(=C(c3ccc(F)cc3)c3ccc(F)cc3)cc21. The lowest BCUT2D eigenvalue weighted by molar-refractivity contribution is 0.103. The predicted octanol–water partition coefficient (Wildman–Crippen LogP) is 5.09. The van der Waals surface area contributed by atoms with Crippen LogP contribution in [0.4, 0.5) is 14.5 Å². The number of ketones is 1. The molecule has 1 aliphatic heterocycles. The van der Waals surface area contributed by atoms with Gasteiger partial charge < -0.3 is 10.2 Å². The van der Waals surface area contributed by atoms with Gasteiger partial charge in [-0.25, -0.2) is 8.78 Å². The highest BCUT2D eigenvalue weighted by atomic mass is 19.1. The van der Waals surface area contributed by atoms with E-state index in [2.05, 4.69) is 4.58 Å². The van der Waals surface area contributed by atoms with Crippen molar-refractivity contribution in [2.75, 3.05) is 7.11 Å². The summed E-state index contributed by atoms with van der Waals surface area (Å²) >= 11 is 0. The van der Waals surface area contributed by atoms with E-state index in [0.717, 1.165) is 45.6 Å². The molecule has 5 aromatic rings. The van der Waals surface area contributed by atoms with Crippen molar-refractivity contribution in [3.8, 4) is 5.75 Å². The molecular weight excluding hydrogens is 508 g/mol. The number of phenols is 1. The highest BCUT2D eigenvalue weighted by Crippen LogP contribution is 2.26. The van der Waals surface area contributed by atoms with Crippen molar-refractivity contribution in [2.45, 2.75) is 6.54 Å². The Morgan fingerprint density at radius 2 is 1.32 bits per heavy atom. The molecule has 1 heterocycles. The summed E-state index contributed by atoms with van der Waals surface area (Å²) in [6.07, 6.45) is 0. The number of aromatic hydroxyl groups is 1. The molecule has 5 aromatic carbocycles. The van der Waals surface area contributed by atoms with E-state index in [9.17, 15) is 18.7 Å². The van der Waals surface area contributed by atoms with Crippen molar-refractivity contribution < 1.29 is 23.8 Å². The standard InChI is InChI=1S/C33H21F2NO2.CH4O/c34-25-13-8-22(9-14-25)32(23-10-15-26(35)16-11-23)24-12-17-31-29(19-24)33(38)28-6-1-2-7-30(28)36(31)20-21-4-3-5-27(37)18-21;1-2/h1-19H,20H2;2H,1H3/p+1. The van der Waals surface area contributed by atoms with Gasteiger partial charge in [-0.3, -0.25) is 4.79 Å². The number of aliphatic hydroxyl groups excluding tert-OH is 1. The van der Waals surface area contributed by atoms with Crippen molar-refractivity contribution in [1.29, 1.82) is 0 Å². The fraction of sp³-hybridized carbons (Fsp3) is 0.0588. The zero-order valence-electron chi connectivity index (χ0n) is 21.7. The lowest BCUT2D eigenvalue weighted by atomic mass is 9.92. The molecule has 0 spiro atoms. The third-order valence-corrected chi connectivity index (χ3v) is 6.78. The van der Waals surface area contributed by atoms with Crippen molar-refractivity contribution in [1.82, 2.24) is 4.58 Å². The third-order valence-electron chi connectivity index (χ3n) is 6.78. The number of hydrogen-bond acceptors (Lipinski definition) is 3. The summed E-state index contributed by atoms with van der Waals surface area (Å²) in [7, 11) is 1.00. The van der Waals surface area contributed by atoms with E-state index in [1.165, 1.54) is 24.3 Å². The van der Waals surface area contributed by atoms with Gasteiger partial charge in [0, 0.05) is 24.8 Å². The number of fused-ring (bicyclic) bond motifs is 2. The van der Waals surface area contributed by atoms with Gasteiger partial charge in [0.25, 0.3) is 0 Å². The number of halogens is 2. The van der Waals surface area contributed by atoms with Crippen LogP contribution in [0.1, 0.15) is 32.6 Å². The van der Waals surface area contributed by atoms with Gasteiger partial charge in [-0.2, -0.15) is 4.58 Å². The maximum Gasteiger partial charge on any atom is 0.217 e. The van der Waals surface area contributed by atoms with Crippen LogP contribution in [0, 0.1) is 11.6 Å². The largest absolute Gasteiger partial charge is 0.508 e. The molecular formula is C34H26F2NO3+. The Hall–Kier alpha value is -4.94. The molecule has 0 saturated heterocycles. The lowest BCUT2D eigenvalue weighted by Crippen LogP contribution is -2.37. The van der Waals surface area contributed by atoms with E-state index in [0.29, 0.717) is 17.7 Å². The molecule has 2 N–H and O–H groups in total. The zero-order valence-corrected chi connectivity index (χ0v) is 21.7. The van der Waals surface area contributed by atoms with Crippen LogP contribution in [0.5, 0.6) is 5.75 Å². The first-order valence-corrected chi connectivity index (χ1v) is 12.6. The van der Waals surface area contributed by atoms with Gasteiger partial charge in [-0.15, -0.1) is 0 Å². The van der Waals surface area contributed by atoms with Crippen LogP contribution < -0.4 is 15.2 Å². The molecule has 0 saturated carbocycles. The lowest BCUT2D eigenvalue weighted by Gasteiger charge is -2.15. The third kappa shape index (κ3) is 5.17. The number of para-hydroxylation sites is 1. The maximum absolute atomic E-state index is 13.7. The van der Waals surface area contributed by atoms with E-state index in [-0.39, 0.29) is 23.2 Å². The van der Waals surface area contributed by atoms with Crippen LogP contribution in [-0.4, -0.2) is 23.1 Å². The average Bonchev–Trinajstić information content (AvgIpc) is 2.98. The van der Waals surface area contributed by atoms with E-state index in [1.807, 2.05) is 48.5 Å². The predicted molar refractivity (Wildman–Crippen MR) is 151 cm³/mol. The fourth-order valence-corrected chi connectivity index (χ4v) is 5.03. The van der Waals surface area contributed by atoms with Crippen LogP contribution >= 0.6 is 0 Å². The molecule has 0 bridgehead atoms. The minimum Gasteiger partial charge on any atom is -0.508 e. The summed E-state index contributed by atoms with van der Waals surface area (Å²) in [5.41, 5.74) is 5.07. The van der Waals surface area contributed by atoms with Crippen molar-refractivity contribution in [2.24, 2.45) is 0 Å². The fourth-order valence-electron chi connectivity index (χ4n) is 5.03. The molecule has 6 heteroatoms. The number of carbonyl (C=O) groups excluding carboxylic acids is 1. The van der Waals surface area contributed by atoms with E-state index in [4.69, 9.17) is 5.11 Å². The van der Waals surface area contributed by atoms with Gasteiger partial charge in [0.05, 0.1) is 11.1 Å². The first-order valence-electron chi connectivity index (χ1n) is 12.6. The second kappa shape index (κ2) is 11.4. The number of nitrogens with zero attached hydrogens (tertiary/aromatic N) is 1. The smallest absolute Gasteiger partial charge is 0.217 e. The van der Waals surface area contributed by atoms with Crippen molar-refractivity contribution in [3.05, 3.63) is 165 Å². The average molecular weight is 535 g/mol. The quantitative estimate of drug-likeness (QED) is 0.316. The highest BCUT2D eigenvalue weighted by molar-refractivity contribution is 6.13. The molecule has 6 rings (SSSR count). The Morgan fingerprint density at radius 3 is 1.95 bits per heavy atom. The maximum atomic E-state index is 13.7. The topological polar surface area (TPSA) is 60.5 Å². The van der Waals surface area contributed by atoms with E-state index >= 15 is 0 Å². The summed E-state index contributed by atoms with van der Waals surface area (Å²) in [6.45, 7) is 0.456. The van der Waals surface area contributed by atoms with Gasteiger partial charge in [-0.05, 0) is 76.5 Å². The molecule has 0 aliphatic carbocycles. The Bertz CT molecular complexity index is 1780. The first-order chi connectivity index (χ1) is 19.5. The number of carbonyl (C=O) groups is 1. The summed E-state index contributed by atoms with van der Waals surface area (Å²) in [6, 6.07) is 32.5. The van der Waals surface area contributed by atoms with Crippen LogP contribution in [0.25, 0.3) is 5.57 Å². The van der Waals surface area contributed by atoms with Gasteiger partial charge in [0.2, 0.25) is 16.8 Å². The summed E-state index contributed by atoms with van der Waals surface area (Å²) in [5.74, 6) is -0.626. The molecule has 0 amide bonds. The van der Waals surface area contributed by atoms with Gasteiger partial charge in [0.15, 0.2) is 6.54 Å². The summed E-state index contributed by atoms with van der Waals surface area (Å²) in [4.78, 5) is 13.7. The summed E-state index contributed by atoms with van der Waals surface area (Å²) in [5, 5.41) is 18.5. The second-order valence-corrected chi connectivity index (χ2v) is 9.22. The number of rotatable bonds is 4. The Kier molecular flexibility index (Phi) is 7.62. The molecule has 198 valence electrons. The molecule has 0 aromatic heterocycles. The molecule has 1 aliphatic rings. The molecule has 0 atom stereocenters. The van der Waals surface area contributed by atoms with Crippen LogP contribution in [0.2, 0.25) is 0 Å². The second-order valence-electron chi connectivity index (χ2n) is 9.22. The normalized spacial score (nSPS) is 11.7. The minimum atomic E-state index is -0.355. The molecule has 40 heavy (non-hydrogen) atoms. The van der Waals surface area contributed by atoms with Crippen LogP contribution in [-0.2, 0) is 6.54 Å². The molecule has 0 radical (unpaired) electrons. The van der Waals surface area contributed by atoms with Crippen molar-refractivity contribution >= 4 is 17.0 Å². The van der Waals surface area contributed by atoms with Crippen LogP contribution in [0.3, 0.4) is 0 Å². The molecule has 0 fully saturated rings. The number of phenolic OH excluding ortho intramolecular Hbond substituents is 1. The number of hydrogen-bond donors (Lipinski definition) is 2. The Morgan fingerprint density at radius 1 is 0.700 bits per heavy atom. The zero-order chi connectivity index (χ0) is 28.2. The summed E-state index contributed by atoms with van der Waals surface area (Å²) < 4.78 is 29.6. The number of aliphatic hydroxyl groups is 1. The Balaban J connectivity index is 0.00000158. The van der Waals surface area contributed by atoms with Gasteiger partial charge in [-0.1, -0.05) is 48.5 Å². The van der Waals surface area contributed by atoms with E-state index in [1.54, 1.807) is 42.5 Å². The molecule has 0 unspecified atom stereocenters. The first kappa shape index (κ1) is 26.7. The van der Waals surface area contributed by atoms with Gasteiger partial charge in [0.1, 0.15) is 17.4 Å². The monoisotopic (exact) mass is 534 g/mol. The minimum absolute atomic E-state index is 0.0952. The Labute approximate surface area is 230 Å². The highest BCUT2D eigenvalue weighted by Gasteiger charge is 2.30. The van der Waals surface area contributed by atoms with E-state index < -0.39 is 0 Å². The van der Waals surface area contributed by atoms with Gasteiger partial charge >= 0.3 is 0 Å². The van der Waals surface area contributed by atoms with Crippen LogP contribution in [0.15, 0.2) is 115 Å². The number of benzene rings is 5.